The van der Waals surface area contributed by atoms with Crippen LogP contribution in [0.4, 0.5) is 16.2 Å². The van der Waals surface area contributed by atoms with Crippen LogP contribution >= 0.6 is 0 Å². The van der Waals surface area contributed by atoms with Crippen molar-refractivity contribution in [1.29, 1.82) is 0 Å². The van der Waals surface area contributed by atoms with Gasteiger partial charge in [0.25, 0.3) is 0 Å². The first kappa shape index (κ1) is 12.3. The Hall–Kier alpha value is -2.70. The number of nitrogens with two attached hydrogens (primary N) is 1. The normalized spacial score (nSPS) is 10.8. The summed E-state index contributed by atoms with van der Waals surface area (Å²) in [7, 11) is 0. The van der Waals surface area contributed by atoms with Crippen LogP contribution in [0.25, 0.3) is 11.2 Å². The second kappa shape index (κ2) is 5.12. The summed E-state index contributed by atoms with van der Waals surface area (Å²) in [4.78, 5) is 15.1. The van der Waals surface area contributed by atoms with E-state index < -0.39 is 0 Å². The largest absolute Gasteiger partial charge is 0.368 e. The van der Waals surface area contributed by atoms with Gasteiger partial charge in [0.05, 0.1) is 6.33 Å². The minimum atomic E-state index is -0.232. The molecule has 0 unspecified atom stereocenters. The third kappa shape index (κ3) is 2.51. The number of rotatable bonds is 4. The molecule has 7 heteroatoms. The predicted octanol–water partition coefficient (Wildman–Crippen LogP) is 1.73. The molecule has 0 atom stereocenters. The Labute approximate surface area is 114 Å². The van der Waals surface area contributed by atoms with Crippen LogP contribution in [0, 0.1) is 5.82 Å². The highest BCUT2D eigenvalue weighted by atomic mass is 19.1. The van der Waals surface area contributed by atoms with Crippen molar-refractivity contribution in [2.75, 3.05) is 17.6 Å². The van der Waals surface area contributed by atoms with Gasteiger partial charge < -0.3 is 16.0 Å². The highest BCUT2D eigenvalue weighted by Crippen LogP contribution is 2.17. The van der Waals surface area contributed by atoms with E-state index in [1.54, 1.807) is 6.07 Å². The summed E-state index contributed by atoms with van der Waals surface area (Å²) in [5, 5.41) is 3.16. The number of nitrogens with one attached hydrogen (secondary N) is 2. The lowest BCUT2D eigenvalue weighted by molar-refractivity contribution is 0.625. The fourth-order valence-electron chi connectivity index (χ4n) is 2.00. The molecule has 4 N–H and O–H groups in total. The first-order chi connectivity index (χ1) is 9.72. The fourth-order valence-corrected chi connectivity index (χ4v) is 2.00. The number of aromatic nitrogens is 4. The molecule has 6 nitrogen and oxygen atoms in total. The molecule has 0 aliphatic carbocycles. The molecule has 2 heterocycles. The molecule has 0 fully saturated rings. The second-order valence-corrected chi connectivity index (χ2v) is 4.34. The SMILES string of the molecule is Nc1nc(NCCc2cccc(F)c2)c2[nH]cnc2n1. The monoisotopic (exact) mass is 272 g/mol. The van der Waals surface area contributed by atoms with E-state index in [4.69, 9.17) is 5.73 Å². The van der Waals surface area contributed by atoms with Crippen molar-refractivity contribution in [1.82, 2.24) is 19.9 Å². The third-order valence-corrected chi connectivity index (χ3v) is 2.90. The van der Waals surface area contributed by atoms with E-state index in [9.17, 15) is 4.39 Å². The zero-order valence-electron chi connectivity index (χ0n) is 10.6. The number of imidazole rings is 1. The van der Waals surface area contributed by atoms with E-state index >= 15 is 0 Å². The molecule has 0 spiro atoms. The lowest BCUT2D eigenvalue weighted by Crippen LogP contribution is -2.09. The Morgan fingerprint density at radius 2 is 2.20 bits per heavy atom. The number of anilines is 2. The summed E-state index contributed by atoms with van der Waals surface area (Å²) in [5.41, 5.74) is 7.76. The number of benzene rings is 1. The minimum absolute atomic E-state index is 0.165. The van der Waals surface area contributed by atoms with Gasteiger partial charge >= 0.3 is 0 Å². The third-order valence-electron chi connectivity index (χ3n) is 2.90. The minimum Gasteiger partial charge on any atom is -0.368 e. The smallest absolute Gasteiger partial charge is 0.224 e. The van der Waals surface area contributed by atoms with Crippen molar-refractivity contribution in [3.05, 3.63) is 42.0 Å². The number of hydrogen-bond acceptors (Lipinski definition) is 5. The first-order valence-electron chi connectivity index (χ1n) is 6.17. The van der Waals surface area contributed by atoms with Gasteiger partial charge in [-0.2, -0.15) is 9.97 Å². The standard InChI is InChI=1S/C13H13FN6/c14-9-3-1-2-8(6-9)4-5-16-11-10-12(18-7-17-10)20-13(15)19-11/h1-3,6-7H,4-5H2,(H4,15,16,17,18,19,20). The summed E-state index contributed by atoms with van der Waals surface area (Å²) >= 11 is 0. The van der Waals surface area contributed by atoms with Gasteiger partial charge in [0.1, 0.15) is 11.3 Å². The number of H-pyrrole nitrogens is 1. The van der Waals surface area contributed by atoms with Crippen LogP contribution in [-0.2, 0) is 6.42 Å². The average Bonchev–Trinajstić information content (AvgIpc) is 2.87. The van der Waals surface area contributed by atoms with E-state index in [-0.39, 0.29) is 11.8 Å². The van der Waals surface area contributed by atoms with Crippen LogP contribution < -0.4 is 11.1 Å². The van der Waals surface area contributed by atoms with Crippen molar-refractivity contribution < 1.29 is 4.39 Å². The van der Waals surface area contributed by atoms with E-state index in [0.29, 0.717) is 29.9 Å². The molecule has 0 radical (unpaired) electrons. The molecule has 1 aromatic carbocycles. The molecule has 0 saturated heterocycles. The number of nitrogens with zero attached hydrogens (tertiary/aromatic N) is 3. The Balaban J connectivity index is 1.72. The Kier molecular flexibility index (Phi) is 3.16. The summed E-state index contributed by atoms with van der Waals surface area (Å²) in [6.45, 7) is 0.605. The zero-order chi connectivity index (χ0) is 13.9. The highest BCUT2D eigenvalue weighted by Gasteiger charge is 2.07. The molecular weight excluding hydrogens is 259 g/mol. The zero-order valence-corrected chi connectivity index (χ0v) is 10.6. The molecule has 3 rings (SSSR count). The number of fused-ring (bicyclic) bond motifs is 1. The second-order valence-electron chi connectivity index (χ2n) is 4.34. The van der Waals surface area contributed by atoms with Crippen molar-refractivity contribution in [2.45, 2.75) is 6.42 Å². The van der Waals surface area contributed by atoms with Crippen molar-refractivity contribution in [2.24, 2.45) is 0 Å². The number of aromatic amines is 1. The molecule has 0 amide bonds. The molecular formula is C13H13FN6. The average molecular weight is 272 g/mol. The summed E-state index contributed by atoms with van der Waals surface area (Å²) in [6, 6.07) is 6.52. The van der Waals surface area contributed by atoms with E-state index in [1.165, 1.54) is 18.5 Å². The molecule has 20 heavy (non-hydrogen) atoms. The van der Waals surface area contributed by atoms with Crippen molar-refractivity contribution in [3.8, 4) is 0 Å². The van der Waals surface area contributed by atoms with E-state index in [0.717, 1.165) is 5.56 Å². The molecule has 102 valence electrons. The van der Waals surface area contributed by atoms with Gasteiger partial charge in [0, 0.05) is 6.54 Å². The molecule has 0 aliphatic rings. The van der Waals surface area contributed by atoms with Gasteiger partial charge in [-0.15, -0.1) is 0 Å². The first-order valence-corrected chi connectivity index (χ1v) is 6.17. The Bertz CT molecular complexity index is 739. The highest BCUT2D eigenvalue weighted by molar-refractivity contribution is 5.83. The fraction of sp³-hybridized carbons (Fsp3) is 0.154. The Morgan fingerprint density at radius 3 is 3.05 bits per heavy atom. The molecule has 2 aromatic heterocycles. The van der Waals surface area contributed by atoms with Crippen LogP contribution in [0.5, 0.6) is 0 Å². The lowest BCUT2D eigenvalue weighted by Gasteiger charge is -2.07. The van der Waals surface area contributed by atoms with Gasteiger partial charge in [-0.25, -0.2) is 9.37 Å². The summed E-state index contributed by atoms with van der Waals surface area (Å²) in [5.74, 6) is 0.531. The molecule has 3 aromatic rings. The van der Waals surface area contributed by atoms with Crippen LogP contribution in [0.2, 0.25) is 0 Å². The van der Waals surface area contributed by atoms with Gasteiger partial charge in [0.2, 0.25) is 5.95 Å². The quantitative estimate of drug-likeness (QED) is 0.672. The maximum atomic E-state index is 13.1. The number of halogens is 1. The summed E-state index contributed by atoms with van der Waals surface area (Å²) in [6.07, 6.45) is 2.22. The van der Waals surface area contributed by atoms with Gasteiger partial charge in [-0.3, -0.25) is 0 Å². The number of hydrogen-bond donors (Lipinski definition) is 3. The molecule has 0 bridgehead atoms. The Morgan fingerprint density at radius 1 is 1.30 bits per heavy atom. The van der Waals surface area contributed by atoms with Crippen LogP contribution in [0.3, 0.4) is 0 Å². The maximum Gasteiger partial charge on any atom is 0.224 e. The molecule has 0 saturated carbocycles. The topological polar surface area (TPSA) is 92.5 Å². The van der Waals surface area contributed by atoms with Crippen LogP contribution in [0.15, 0.2) is 30.6 Å². The van der Waals surface area contributed by atoms with E-state index in [2.05, 4.69) is 25.3 Å². The van der Waals surface area contributed by atoms with Crippen LogP contribution in [-0.4, -0.2) is 26.5 Å². The summed E-state index contributed by atoms with van der Waals surface area (Å²) < 4.78 is 13.1. The predicted molar refractivity (Wildman–Crippen MR) is 74.7 cm³/mol. The van der Waals surface area contributed by atoms with Gasteiger partial charge in [-0.1, -0.05) is 12.1 Å². The van der Waals surface area contributed by atoms with Crippen molar-refractivity contribution >= 4 is 22.9 Å². The maximum absolute atomic E-state index is 13.1. The van der Waals surface area contributed by atoms with Crippen LogP contribution in [0.1, 0.15) is 5.56 Å². The number of nitrogen functional groups attached to an aromatic ring is 1. The lowest BCUT2D eigenvalue weighted by atomic mass is 10.1. The van der Waals surface area contributed by atoms with Gasteiger partial charge in [0.15, 0.2) is 11.5 Å². The van der Waals surface area contributed by atoms with Gasteiger partial charge in [-0.05, 0) is 24.1 Å². The molecule has 0 aliphatic heterocycles. The van der Waals surface area contributed by atoms with E-state index in [1.807, 2.05) is 6.07 Å². The van der Waals surface area contributed by atoms with Crippen molar-refractivity contribution in [3.63, 3.8) is 0 Å².